The summed E-state index contributed by atoms with van der Waals surface area (Å²) >= 11 is 0. The van der Waals surface area contributed by atoms with Gasteiger partial charge in [0.05, 0.1) is 5.60 Å². The van der Waals surface area contributed by atoms with E-state index in [-0.39, 0.29) is 6.54 Å². The van der Waals surface area contributed by atoms with E-state index in [1.54, 1.807) is 0 Å². The smallest absolute Gasteiger partial charge is 0.388 e. The van der Waals surface area contributed by atoms with E-state index in [2.05, 4.69) is 10.1 Å². The van der Waals surface area contributed by atoms with Crippen molar-refractivity contribution in [2.24, 2.45) is 0 Å². The van der Waals surface area contributed by atoms with Crippen molar-refractivity contribution < 1.29 is 27.8 Å². The summed E-state index contributed by atoms with van der Waals surface area (Å²) in [6, 6.07) is 0. The molecule has 0 bridgehead atoms. The van der Waals surface area contributed by atoms with Gasteiger partial charge < -0.3 is 15.2 Å². The number of alkyl halides is 3. The summed E-state index contributed by atoms with van der Waals surface area (Å²) in [6.45, 7) is -2.01. The molecule has 0 aromatic heterocycles. The Morgan fingerprint density at radius 2 is 1.89 bits per heavy atom. The molecular formula is C11H18F3NO3. The average Bonchev–Trinajstić information content (AvgIpc) is 2.26. The fourth-order valence-electron chi connectivity index (χ4n) is 1.96. The van der Waals surface area contributed by atoms with E-state index in [4.69, 9.17) is 0 Å². The molecule has 1 aliphatic rings. The zero-order valence-corrected chi connectivity index (χ0v) is 10.1. The lowest BCUT2D eigenvalue weighted by molar-refractivity contribution is -0.175. The molecule has 1 saturated carbocycles. The van der Waals surface area contributed by atoms with E-state index in [1.807, 2.05) is 0 Å². The number of hydrogen-bond donors (Lipinski definition) is 2. The van der Waals surface area contributed by atoms with E-state index in [9.17, 15) is 23.1 Å². The number of carbonyl (C=O) groups excluding carboxylic acids is 1. The van der Waals surface area contributed by atoms with Gasteiger partial charge in [0.15, 0.2) is 0 Å². The van der Waals surface area contributed by atoms with Crippen LogP contribution in [0.4, 0.5) is 13.2 Å². The van der Waals surface area contributed by atoms with Crippen LogP contribution in [0.3, 0.4) is 0 Å². The minimum absolute atomic E-state index is 0.0706. The van der Waals surface area contributed by atoms with Crippen molar-refractivity contribution >= 4 is 5.91 Å². The van der Waals surface area contributed by atoms with Crippen LogP contribution >= 0.6 is 0 Å². The molecule has 0 aliphatic heterocycles. The first-order valence-electron chi connectivity index (χ1n) is 5.94. The highest BCUT2D eigenvalue weighted by atomic mass is 19.4. The largest absolute Gasteiger partial charge is 0.411 e. The first kappa shape index (κ1) is 15.2. The van der Waals surface area contributed by atoms with Gasteiger partial charge in [-0.2, -0.15) is 13.2 Å². The van der Waals surface area contributed by atoms with Gasteiger partial charge in [-0.05, 0) is 12.8 Å². The van der Waals surface area contributed by atoms with Gasteiger partial charge in [-0.25, -0.2) is 0 Å². The molecule has 0 radical (unpaired) electrons. The van der Waals surface area contributed by atoms with Gasteiger partial charge >= 0.3 is 6.18 Å². The van der Waals surface area contributed by atoms with Gasteiger partial charge in [-0.3, -0.25) is 4.79 Å². The maximum absolute atomic E-state index is 11.7. The summed E-state index contributed by atoms with van der Waals surface area (Å²) in [5, 5.41) is 12.4. The molecular weight excluding hydrogens is 251 g/mol. The quantitative estimate of drug-likeness (QED) is 0.792. The summed E-state index contributed by atoms with van der Waals surface area (Å²) in [5.74, 6) is -0.641. The number of aliphatic hydroxyl groups is 1. The van der Waals surface area contributed by atoms with Crippen LogP contribution in [0.5, 0.6) is 0 Å². The zero-order valence-electron chi connectivity index (χ0n) is 10.1. The third-order valence-corrected chi connectivity index (χ3v) is 2.90. The SMILES string of the molecule is O=C(COCC(F)(F)F)NCC1(O)CCCCC1. The topological polar surface area (TPSA) is 58.6 Å². The molecule has 106 valence electrons. The Balaban J connectivity index is 2.16. The third kappa shape index (κ3) is 6.20. The normalized spacial score (nSPS) is 19.6. The van der Waals surface area contributed by atoms with Crippen LogP contribution in [-0.2, 0) is 9.53 Å². The molecule has 18 heavy (non-hydrogen) atoms. The van der Waals surface area contributed by atoms with Crippen molar-refractivity contribution in [2.75, 3.05) is 19.8 Å². The molecule has 0 aromatic rings. The minimum atomic E-state index is -4.43. The van der Waals surface area contributed by atoms with Crippen LogP contribution in [0.15, 0.2) is 0 Å². The lowest BCUT2D eigenvalue weighted by Crippen LogP contribution is -2.45. The van der Waals surface area contributed by atoms with Crippen molar-refractivity contribution in [2.45, 2.75) is 43.9 Å². The number of halogens is 3. The number of ether oxygens (including phenoxy) is 1. The van der Waals surface area contributed by atoms with Crippen LogP contribution in [0.25, 0.3) is 0 Å². The van der Waals surface area contributed by atoms with Gasteiger partial charge in [0.1, 0.15) is 13.2 Å². The molecule has 1 fully saturated rings. The minimum Gasteiger partial charge on any atom is -0.388 e. The maximum Gasteiger partial charge on any atom is 0.411 e. The summed E-state index contributed by atoms with van der Waals surface area (Å²) in [5.41, 5.74) is -0.919. The number of amides is 1. The molecule has 4 nitrogen and oxygen atoms in total. The van der Waals surface area contributed by atoms with Gasteiger partial charge in [-0.15, -0.1) is 0 Å². The van der Waals surface area contributed by atoms with Crippen LogP contribution in [0, 0.1) is 0 Å². The monoisotopic (exact) mass is 269 g/mol. The zero-order chi connectivity index (χ0) is 13.6. The Kier molecular flexibility index (Phi) is 5.40. The summed E-state index contributed by atoms with van der Waals surface area (Å²) < 4.78 is 39.5. The van der Waals surface area contributed by atoms with E-state index in [1.165, 1.54) is 0 Å². The molecule has 0 heterocycles. The average molecular weight is 269 g/mol. The molecule has 7 heteroatoms. The summed E-state index contributed by atoms with van der Waals surface area (Å²) in [7, 11) is 0. The Bertz CT molecular complexity index is 275. The second kappa shape index (κ2) is 6.38. The number of carbonyl (C=O) groups is 1. The second-order valence-corrected chi connectivity index (χ2v) is 4.67. The first-order chi connectivity index (χ1) is 8.31. The summed E-state index contributed by atoms with van der Waals surface area (Å²) in [4.78, 5) is 11.2. The number of rotatable bonds is 5. The fraction of sp³-hybridized carbons (Fsp3) is 0.909. The number of hydrogen-bond acceptors (Lipinski definition) is 3. The van der Waals surface area contributed by atoms with E-state index in [0.717, 1.165) is 19.3 Å². The standard InChI is InChI=1S/C11H18F3NO3/c12-11(13,14)8-18-6-9(16)15-7-10(17)4-2-1-3-5-10/h17H,1-8H2,(H,15,16). The summed E-state index contributed by atoms with van der Waals surface area (Å²) in [6.07, 6.45) is -0.353. The Labute approximate surface area is 103 Å². The Morgan fingerprint density at radius 1 is 1.28 bits per heavy atom. The van der Waals surface area contributed by atoms with Gasteiger partial charge in [0.2, 0.25) is 5.91 Å². The van der Waals surface area contributed by atoms with E-state index >= 15 is 0 Å². The molecule has 0 aromatic carbocycles. The highest BCUT2D eigenvalue weighted by Gasteiger charge is 2.30. The van der Waals surface area contributed by atoms with Crippen molar-refractivity contribution in [1.82, 2.24) is 5.32 Å². The van der Waals surface area contributed by atoms with Crippen molar-refractivity contribution in [1.29, 1.82) is 0 Å². The first-order valence-corrected chi connectivity index (χ1v) is 5.94. The molecule has 1 rings (SSSR count). The maximum atomic E-state index is 11.7. The molecule has 1 amide bonds. The molecule has 1 aliphatic carbocycles. The third-order valence-electron chi connectivity index (χ3n) is 2.90. The Morgan fingerprint density at radius 3 is 2.44 bits per heavy atom. The second-order valence-electron chi connectivity index (χ2n) is 4.67. The van der Waals surface area contributed by atoms with Crippen LogP contribution in [0.2, 0.25) is 0 Å². The highest BCUT2D eigenvalue weighted by Crippen LogP contribution is 2.27. The number of nitrogens with one attached hydrogen (secondary N) is 1. The fourth-order valence-corrected chi connectivity index (χ4v) is 1.96. The molecule has 0 atom stereocenters. The van der Waals surface area contributed by atoms with Crippen molar-refractivity contribution in [3.8, 4) is 0 Å². The van der Waals surface area contributed by atoms with E-state index < -0.39 is 30.9 Å². The molecule has 2 N–H and O–H groups in total. The Hall–Kier alpha value is -0.820. The predicted octanol–water partition coefficient (Wildman–Crippen LogP) is 1.38. The highest BCUT2D eigenvalue weighted by molar-refractivity contribution is 5.77. The van der Waals surface area contributed by atoms with Crippen LogP contribution < -0.4 is 5.32 Å². The predicted molar refractivity (Wildman–Crippen MR) is 57.9 cm³/mol. The van der Waals surface area contributed by atoms with Gasteiger partial charge in [-0.1, -0.05) is 19.3 Å². The van der Waals surface area contributed by atoms with Gasteiger partial charge in [0, 0.05) is 6.54 Å². The van der Waals surface area contributed by atoms with E-state index in [0.29, 0.717) is 12.8 Å². The van der Waals surface area contributed by atoms with Crippen LogP contribution in [-0.4, -0.2) is 42.5 Å². The lowest BCUT2D eigenvalue weighted by Gasteiger charge is -2.32. The molecule has 0 spiro atoms. The van der Waals surface area contributed by atoms with Crippen LogP contribution in [0.1, 0.15) is 32.1 Å². The van der Waals surface area contributed by atoms with Crippen molar-refractivity contribution in [3.63, 3.8) is 0 Å². The lowest BCUT2D eigenvalue weighted by atomic mass is 9.85. The van der Waals surface area contributed by atoms with Gasteiger partial charge in [0.25, 0.3) is 0 Å². The van der Waals surface area contributed by atoms with Crippen molar-refractivity contribution in [3.05, 3.63) is 0 Å². The molecule has 0 saturated heterocycles. The molecule has 0 unspecified atom stereocenters.